The van der Waals surface area contributed by atoms with Crippen LogP contribution < -0.4 is 32.7 Å². The summed E-state index contributed by atoms with van der Waals surface area (Å²) in [5.74, 6) is -0.588. The van der Waals surface area contributed by atoms with Crippen molar-refractivity contribution in [2.45, 2.75) is 202 Å². The van der Waals surface area contributed by atoms with E-state index in [2.05, 4.69) is 0 Å². The standard InChI is InChI=1S/C68H88N6O24/c1-13-67(97-37-21-33(89-11)57(81)25(5)93-37)51(63(87)45-43-47(61(85)41-29(77)17-15-27(75)39(41)59(43)83)53(71-69)49(45)65(67)95-35-19-31(79)55(73(7)8)23(3)91-35)52-64(88)46-44-48(62(86)42-30(78)18-16-28(76)40(42)60(44)84)54(72-70)50(46)66(96-36-20-32(80)56(74(9)10)24(4)92-36)68(52,14-2)98-38-22-34(90-12)58(82)26(6)94-38/h15-18,23-26,31-38,51-52,55-58,65-66,71-72,79-88H,13-14,19-22,69-70H2,1-12H3/t23-,24-,25+,26+,31-,32-,33+,34+,35+,36+,37+,38+,51+,52+,55-,56-,57+,58+,65-,66-,67+,68+/m1/s1. The summed E-state index contributed by atoms with van der Waals surface area (Å²) in [5.41, 5.74) is -9.81. The summed E-state index contributed by atoms with van der Waals surface area (Å²) in [6.45, 7) is 9.74. The Bertz CT molecular complexity index is 3560. The summed E-state index contributed by atoms with van der Waals surface area (Å²) < 4.78 is 68.5. The van der Waals surface area contributed by atoms with Gasteiger partial charge in [-0.15, -0.1) is 0 Å². The van der Waals surface area contributed by atoms with Gasteiger partial charge in [-0.2, -0.15) is 11.7 Å². The number of ketones is 4. The molecule has 10 aliphatic rings. The van der Waals surface area contributed by atoms with Crippen molar-refractivity contribution < 1.29 is 128 Å². The van der Waals surface area contributed by atoms with Crippen molar-refractivity contribution in [3.8, 4) is 23.0 Å². The van der Waals surface area contributed by atoms with Crippen molar-refractivity contribution in [2.24, 2.45) is 23.5 Å². The molecule has 2 aromatic rings. The third-order valence-corrected chi connectivity index (χ3v) is 21.8. The minimum absolute atomic E-state index is 0.219. The summed E-state index contributed by atoms with van der Waals surface area (Å²) in [6.07, 6.45) is -19.0. The second kappa shape index (κ2) is 26.5. The lowest BCUT2D eigenvalue weighted by atomic mass is 9.56. The Hall–Kier alpha value is -6.44. The van der Waals surface area contributed by atoms with Crippen LogP contribution in [0, 0.1) is 11.8 Å². The van der Waals surface area contributed by atoms with Crippen LogP contribution in [0.15, 0.2) is 47.0 Å². The van der Waals surface area contributed by atoms with Crippen LogP contribution in [-0.4, -0.2) is 238 Å². The molecule has 4 saturated heterocycles. The molecular weight excluding hydrogens is 1280 g/mol. The Balaban J connectivity index is 1.25. The average molecular weight is 1370 g/mol. The number of carbonyl (C=O) groups excluding carboxylic acids is 4. The molecule has 0 unspecified atom stereocenters. The predicted molar refractivity (Wildman–Crippen MR) is 337 cm³/mol. The normalized spacial score (nSPS) is 37.7. The molecular formula is C68H88N6O24. The number of nitrogens with zero attached hydrogens (tertiary/aromatic N) is 2. The Kier molecular flexibility index (Phi) is 19.3. The number of fused-ring (bicyclic) bond motifs is 8. The molecule has 30 nitrogen and oxygen atoms in total. The van der Waals surface area contributed by atoms with Gasteiger partial charge in [-0.3, -0.25) is 19.2 Å². The van der Waals surface area contributed by atoms with Crippen LogP contribution in [0.5, 0.6) is 23.0 Å². The SMILES string of the molecule is CC[C@@]1(O[C@H]2C[C@H](OC)[C@@H](O)[C@H](C)O2)[C@H](O[C@H]2C[C@@H](O)[C@H](N(C)C)[C@@H](C)O2)C2=C([NH2+]N)c3c(O)c4c(c([O-])c3C2=C(O)[C@@H]1[C@H]1C(O)=C2C(=C([NH2+]N)c3c(O)c5c(c([O-])c32)C(=O)C=CC5=O)[C@@H](O[C@H]2C[C@@H](O)[C@H](N(C)C)[C@@H](C)O2)[C@@]1(CC)O[C@H]1C[C@H](OC)[C@@H](O)[C@H](C)O1)C(=O)C=CC4=O. The van der Waals surface area contributed by atoms with E-state index in [4.69, 9.17) is 59.1 Å². The van der Waals surface area contributed by atoms with Gasteiger partial charge in [-0.25, -0.2) is 10.9 Å². The van der Waals surface area contributed by atoms with Crippen LogP contribution in [0.25, 0.3) is 22.5 Å². The van der Waals surface area contributed by atoms with Gasteiger partial charge in [0, 0.05) is 62.2 Å². The Morgan fingerprint density at radius 3 is 1.13 bits per heavy atom. The highest BCUT2D eigenvalue weighted by Gasteiger charge is 2.71. The molecule has 16 N–H and O–H groups in total. The fourth-order valence-electron chi connectivity index (χ4n) is 17.5. The van der Waals surface area contributed by atoms with E-state index < -0.39 is 260 Å². The number of quaternary nitrogens is 2. The van der Waals surface area contributed by atoms with Crippen LogP contribution in [0.2, 0.25) is 0 Å². The monoisotopic (exact) mass is 1370 g/mol. The number of nitrogens with two attached hydrogens (primary N) is 4. The lowest BCUT2D eigenvalue weighted by Crippen LogP contribution is -2.88. The molecule has 22 atom stereocenters. The molecule has 30 heteroatoms. The van der Waals surface area contributed by atoms with Gasteiger partial charge in [0.2, 0.25) is 0 Å². The highest BCUT2D eigenvalue weighted by Crippen LogP contribution is 2.67. The molecule has 0 radical (unpaired) electrons. The van der Waals surface area contributed by atoms with E-state index >= 15 is 10.2 Å². The van der Waals surface area contributed by atoms with E-state index in [9.17, 15) is 60.0 Å². The summed E-state index contributed by atoms with van der Waals surface area (Å²) in [5, 5.41) is 134. The van der Waals surface area contributed by atoms with Gasteiger partial charge in [-0.05, 0) is 104 Å². The molecule has 4 aliphatic heterocycles. The first kappa shape index (κ1) is 71.4. The number of aromatic hydroxyl groups is 2. The molecule has 6 aliphatic carbocycles. The molecule has 4 heterocycles. The van der Waals surface area contributed by atoms with Crippen molar-refractivity contribution in [3.63, 3.8) is 0 Å². The minimum Gasteiger partial charge on any atom is -0.872 e. The van der Waals surface area contributed by atoms with Gasteiger partial charge in [0.25, 0.3) is 0 Å². The average Bonchev–Trinajstić information content (AvgIpc) is 1.59. The summed E-state index contributed by atoms with van der Waals surface area (Å²) >= 11 is 0. The predicted octanol–water partition coefficient (Wildman–Crippen LogP) is -1.09. The van der Waals surface area contributed by atoms with E-state index in [-0.39, 0.29) is 48.2 Å². The van der Waals surface area contributed by atoms with Gasteiger partial charge in [0.1, 0.15) is 58.6 Å². The molecule has 2 aromatic carbocycles. The zero-order valence-electron chi connectivity index (χ0n) is 56.4. The second-order valence-corrected chi connectivity index (χ2v) is 27.4. The number of methoxy groups -OCH3 is 2. The van der Waals surface area contributed by atoms with Crippen LogP contribution >= 0.6 is 0 Å². The minimum atomic E-state index is -2.47. The molecule has 0 spiro atoms. The number of phenols is 2. The van der Waals surface area contributed by atoms with E-state index in [0.29, 0.717) is 0 Å². The molecule has 0 bridgehead atoms. The van der Waals surface area contributed by atoms with Crippen molar-refractivity contribution in [1.29, 1.82) is 0 Å². The van der Waals surface area contributed by atoms with Crippen molar-refractivity contribution in [1.82, 2.24) is 9.80 Å². The second-order valence-electron chi connectivity index (χ2n) is 27.4. The number of rotatable bonds is 17. The van der Waals surface area contributed by atoms with Gasteiger partial charge < -0.3 is 108 Å². The molecule has 12 rings (SSSR count). The van der Waals surface area contributed by atoms with Gasteiger partial charge in [0.05, 0.1) is 106 Å². The number of likely N-dealkylation sites (N-methyl/N-ethyl adjacent to an activating group) is 2. The van der Waals surface area contributed by atoms with E-state index in [1.54, 1.807) is 79.5 Å². The number of phenolic OH excluding ortho intramolecular Hbond substituents is 2. The quantitative estimate of drug-likeness (QED) is 0.0661. The molecule has 0 saturated carbocycles. The van der Waals surface area contributed by atoms with Crippen molar-refractivity contribution >= 4 is 45.7 Å². The Labute approximate surface area is 564 Å². The van der Waals surface area contributed by atoms with E-state index in [1.807, 2.05) is 0 Å². The summed E-state index contributed by atoms with van der Waals surface area (Å²) in [7, 11) is 9.70. The zero-order chi connectivity index (χ0) is 71.1. The number of allylic oxidation sites excluding steroid dienone is 4. The van der Waals surface area contributed by atoms with Crippen LogP contribution in [-0.2, 0) is 47.4 Å². The third kappa shape index (κ3) is 10.8. The van der Waals surface area contributed by atoms with Gasteiger partial charge in [0.15, 0.2) is 59.7 Å². The molecule has 4 fully saturated rings. The number of carbonyl (C=O) groups is 4. The van der Waals surface area contributed by atoms with E-state index in [1.165, 1.54) is 14.2 Å². The Morgan fingerprint density at radius 1 is 0.510 bits per heavy atom. The van der Waals surface area contributed by atoms with Crippen molar-refractivity contribution in [3.05, 3.63) is 91.5 Å². The first-order chi connectivity index (χ1) is 46.4. The smallest absolute Gasteiger partial charge is 0.190 e. The lowest BCUT2D eigenvalue weighted by Gasteiger charge is -2.59. The van der Waals surface area contributed by atoms with Gasteiger partial charge >= 0.3 is 0 Å². The number of hydrogen-bond acceptors (Lipinski definition) is 28. The number of aliphatic hydroxyl groups is 6. The highest BCUT2D eigenvalue weighted by atomic mass is 16.7. The molecule has 98 heavy (non-hydrogen) atoms. The Morgan fingerprint density at radius 2 is 0.837 bits per heavy atom. The molecule has 534 valence electrons. The first-order valence-corrected chi connectivity index (χ1v) is 33.0. The lowest BCUT2D eigenvalue weighted by molar-refractivity contribution is -0.576. The van der Waals surface area contributed by atoms with E-state index in [0.717, 1.165) is 35.2 Å². The number of aliphatic hydroxyl groups excluding tert-OH is 6. The summed E-state index contributed by atoms with van der Waals surface area (Å²) in [4.78, 5) is 59.9. The van der Waals surface area contributed by atoms with Crippen LogP contribution in [0.3, 0.4) is 0 Å². The van der Waals surface area contributed by atoms with Crippen LogP contribution in [0.4, 0.5) is 0 Å². The largest absolute Gasteiger partial charge is 0.872 e. The topological polar surface area (TPSA) is 460 Å². The molecule has 0 aromatic heterocycles. The number of ether oxygens (including phenoxy) is 10. The van der Waals surface area contributed by atoms with Crippen molar-refractivity contribution in [2.75, 3.05) is 42.4 Å². The zero-order valence-corrected chi connectivity index (χ0v) is 56.4. The first-order valence-electron chi connectivity index (χ1n) is 33.0. The molecule has 0 amide bonds. The maximum Gasteiger partial charge on any atom is 0.190 e. The third-order valence-electron chi connectivity index (χ3n) is 21.8. The maximum atomic E-state index is 15.9. The summed E-state index contributed by atoms with van der Waals surface area (Å²) in [6, 6.07) is -1.25. The maximum absolute atomic E-state index is 15.9. The van der Waals surface area contributed by atoms with Gasteiger partial charge in [-0.1, -0.05) is 25.3 Å². The van der Waals surface area contributed by atoms with Crippen LogP contribution in [0.1, 0.15) is 144 Å². The number of hydrogen-bond donors (Lipinski definition) is 12. The number of benzene rings is 2. The fraction of sp³-hybridized carbons (Fsp3) is 0.588. The fourth-order valence-corrected chi connectivity index (χ4v) is 17.5. The highest BCUT2D eigenvalue weighted by molar-refractivity contribution is 6.27.